The van der Waals surface area contributed by atoms with Gasteiger partial charge in [-0.2, -0.15) is 0 Å². The van der Waals surface area contributed by atoms with Crippen molar-refractivity contribution in [2.45, 2.75) is 10.9 Å². The lowest BCUT2D eigenvalue weighted by Gasteiger charge is -2.08. The van der Waals surface area contributed by atoms with Crippen LogP contribution in [0.25, 0.3) is 22.3 Å². The number of pyridine rings is 1. The first-order valence-electron chi connectivity index (χ1n) is 7.84. The Bertz CT molecular complexity index is 1030. The van der Waals surface area contributed by atoms with Gasteiger partial charge in [0.2, 0.25) is 0 Å². The third-order valence-corrected chi connectivity index (χ3v) is 5.44. The molecule has 25 heavy (non-hydrogen) atoms. The average molecular weight is 367 g/mol. The predicted octanol–water partition coefficient (Wildman–Crippen LogP) is 4.98. The van der Waals surface area contributed by atoms with E-state index in [4.69, 9.17) is 11.6 Å². The van der Waals surface area contributed by atoms with Gasteiger partial charge in [-0.3, -0.25) is 4.98 Å². The Balaban J connectivity index is 1.63. The molecule has 0 amide bonds. The number of hydrogen-bond donors (Lipinski definition) is 0. The molecule has 4 rings (SSSR count). The number of nitrogens with zero attached hydrogens (tertiary/aromatic N) is 4. The molecule has 0 unspecified atom stereocenters. The standard InChI is InChI=1S/C19H15ClN4S/c1-24-18(14-6-3-2-4-7-14)22-23-19(24)25-12-15-16(20)10-9-13-8-5-11-21-17(13)15/h2-11H,12H2,1H3. The van der Waals surface area contributed by atoms with E-state index in [1.807, 2.05) is 66.2 Å². The molecule has 0 bridgehead atoms. The molecule has 0 saturated heterocycles. The van der Waals surface area contributed by atoms with E-state index in [-0.39, 0.29) is 0 Å². The van der Waals surface area contributed by atoms with E-state index in [2.05, 4.69) is 15.2 Å². The summed E-state index contributed by atoms with van der Waals surface area (Å²) < 4.78 is 2.01. The lowest BCUT2D eigenvalue weighted by Crippen LogP contribution is -1.95. The van der Waals surface area contributed by atoms with Gasteiger partial charge in [0.1, 0.15) is 0 Å². The van der Waals surface area contributed by atoms with Crippen molar-refractivity contribution in [2.24, 2.45) is 7.05 Å². The molecule has 0 N–H and O–H groups in total. The number of hydrogen-bond acceptors (Lipinski definition) is 4. The summed E-state index contributed by atoms with van der Waals surface area (Å²) in [6, 6.07) is 17.9. The van der Waals surface area contributed by atoms with Gasteiger partial charge in [-0.1, -0.05) is 65.8 Å². The molecule has 124 valence electrons. The number of benzene rings is 2. The van der Waals surface area contributed by atoms with Gasteiger partial charge in [0.05, 0.1) is 5.52 Å². The van der Waals surface area contributed by atoms with E-state index in [9.17, 15) is 0 Å². The maximum atomic E-state index is 6.41. The second-order valence-electron chi connectivity index (χ2n) is 5.62. The zero-order chi connectivity index (χ0) is 17.2. The molecule has 0 atom stereocenters. The fraction of sp³-hybridized carbons (Fsp3) is 0.105. The molecule has 0 aliphatic carbocycles. The van der Waals surface area contributed by atoms with Gasteiger partial charge in [-0.15, -0.1) is 10.2 Å². The van der Waals surface area contributed by atoms with Crippen LogP contribution < -0.4 is 0 Å². The first kappa shape index (κ1) is 16.1. The smallest absolute Gasteiger partial charge is 0.191 e. The van der Waals surface area contributed by atoms with Crippen molar-refractivity contribution in [3.63, 3.8) is 0 Å². The molecule has 0 spiro atoms. The van der Waals surface area contributed by atoms with Crippen LogP contribution in [0.15, 0.2) is 66.0 Å². The van der Waals surface area contributed by atoms with Crippen LogP contribution in [0.2, 0.25) is 5.02 Å². The Hall–Kier alpha value is -2.37. The molecule has 0 saturated carbocycles. The van der Waals surface area contributed by atoms with Crippen molar-refractivity contribution in [1.29, 1.82) is 0 Å². The molecular weight excluding hydrogens is 352 g/mol. The molecule has 2 aromatic heterocycles. The van der Waals surface area contributed by atoms with Crippen LogP contribution in [-0.2, 0) is 12.8 Å². The molecule has 6 heteroatoms. The van der Waals surface area contributed by atoms with Gasteiger partial charge in [-0.05, 0) is 12.1 Å². The highest BCUT2D eigenvalue weighted by Crippen LogP contribution is 2.31. The fourth-order valence-corrected chi connectivity index (χ4v) is 3.98. The summed E-state index contributed by atoms with van der Waals surface area (Å²) in [7, 11) is 1.98. The largest absolute Gasteiger partial charge is 0.305 e. The summed E-state index contributed by atoms with van der Waals surface area (Å²) in [5.74, 6) is 1.54. The van der Waals surface area contributed by atoms with Crippen LogP contribution in [-0.4, -0.2) is 19.7 Å². The summed E-state index contributed by atoms with van der Waals surface area (Å²) >= 11 is 8.02. The lowest BCUT2D eigenvalue weighted by molar-refractivity contribution is 0.794. The topological polar surface area (TPSA) is 43.6 Å². The average Bonchev–Trinajstić information content (AvgIpc) is 3.02. The Morgan fingerprint density at radius 2 is 1.84 bits per heavy atom. The summed E-state index contributed by atoms with van der Waals surface area (Å²) in [5.41, 5.74) is 3.01. The number of fused-ring (bicyclic) bond motifs is 1. The summed E-state index contributed by atoms with van der Waals surface area (Å²) in [6.07, 6.45) is 1.79. The molecule has 0 radical (unpaired) electrons. The van der Waals surface area contributed by atoms with Crippen LogP contribution in [0.1, 0.15) is 5.56 Å². The zero-order valence-corrected chi connectivity index (χ0v) is 15.1. The van der Waals surface area contributed by atoms with Gasteiger partial charge >= 0.3 is 0 Å². The van der Waals surface area contributed by atoms with Crippen molar-refractivity contribution >= 4 is 34.3 Å². The maximum absolute atomic E-state index is 6.41. The molecular formula is C19H15ClN4S. The molecule has 4 nitrogen and oxygen atoms in total. The second-order valence-corrected chi connectivity index (χ2v) is 6.97. The second kappa shape index (κ2) is 6.86. The third-order valence-electron chi connectivity index (χ3n) is 4.03. The zero-order valence-electron chi connectivity index (χ0n) is 13.6. The minimum Gasteiger partial charge on any atom is -0.305 e. The van der Waals surface area contributed by atoms with Crippen LogP contribution in [0.5, 0.6) is 0 Å². The van der Waals surface area contributed by atoms with E-state index in [0.717, 1.165) is 38.0 Å². The number of halogens is 1. The monoisotopic (exact) mass is 366 g/mol. The summed E-state index contributed by atoms with van der Waals surface area (Å²) in [5, 5.41) is 11.3. The van der Waals surface area contributed by atoms with E-state index in [1.54, 1.807) is 18.0 Å². The van der Waals surface area contributed by atoms with Gasteiger partial charge in [0.25, 0.3) is 0 Å². The van der Waals surface area contributed by atoms with E-state index < -0.39 is 0 Å². The van der Waals surface area contributed by atoms with Crippen molar-refractivity contribution in [3.05, 3.63) is 71.4 Å². The van der Waals surface area contributed by atoms with Crippen LogP contribution in [0, 0.1) is 0 Å². The number of rotatable bonds is 4. The van der Waals surface area contributed by atoms with Gasteiger partial charge < -0.3 is 4.57 Å². The first-order chi connectivity index (χ1) is 12.2. The molecule has 0 aliphatic heterocycles. The normalized spacial score (nSPS) is 11.1. The van der Waals surface area contributed by atoms with Crippen molar-refractivity contribution in [3.8, 4) is 11.4 Å². The molecule has 0 aliphatic rings. The predicted molar refractivity (Wildman–Crippen MR) is 103 cm³/mol. The Kier molecular flexibility index (Phi) is 4.42. The van der Waals surface area contributed by atoms with Crippen molar-refractivity contribution in [2.75, 3.05) is 0 Å². The Labute approximate surface area is 154 Å². The lowest BCUT2D eigenvalue weighted by atomic mass is 10.1. The van der Waals surface area contributed by atoms with Gasteiger partial charge in [-0.25, -0.2) is 0 Å². The molecule has 2 aromatic carbocycles. The van der Waals surface area contributed by atoms with E-state index in [1.165, 1.54) is 0 Å². The molecule has 0 fully saturated rings. The Morgan fingerprint density at radius 3 is 2.68 bits per heavy atom. The fourth-order valence-electron chi connectivity index (χ4n) is 2.73. The van der Waals surface area contributed by atoms with Crippen molar-refractivity contribution in [1.82, 2.24) is 19.7 Å². The van der Waals surface area contributed by atoms with Gasteiger partial charge in [0, 0.05) is 40.5 Å². The van der Waals surface area contributed by atoms with Crippen molar-refractivity contribution < 1.29 is 0 Å². The highest BCUT2D eigenvalue weighted by molar-refractivity contribution is 7.98. The summed E-state index contributed by atoms with van der Waals surface area (Å²) in [4.78, 5) is 4.49. The molecule has 4 aromatic rings. The van der Waals surface area contributed by atoms with Crippen LogP contribution in [0.3, 0.4) is 0 Å². The maximum Gasteiger partial charge on any atom is 0.191 e. The SMILES string of the molecule is Cn1c(SCc2c(Cl)ccc3cccnc23)nnc1-c1ccccc1. The minimum absolute atomic E-state index is 0.688. The van der Waals surface area contributed by atoms with Crippen LogP contribution in [0.4, 0.5) is 0 Å². The highest BCUT2D eigenvalue weighted by Gasteiger charge is 2.13. The molecule has 2 heterocycles. The summed E-state index contributed by atoms with van der Waals surface area (Å²) in [6.45, 7) is 0. The Morgan fingerprint density at radius 1 is 1.00 bits per heavy atom. The highest BCUT2D eigenvalue weighted by atomic mass is 35.5. The van der Waals surface area contributed by atoms with Gasteiger partial charge in [0.15, 0.2) is 11.0 Å². The quantitative estimate of drug-likeness (QED) is 0.478. The van der Waals surface area contributed by atoms with E-state index in [0.29, 0.717) is 5.75 Å². The third kappa shape index (κ3) is 3.13. The number of aromatic nitrogens is 4. The minimum atomic E-state index is 0.688. The first-order valence-corrected chi connectivity index (χ1v) is 9.20. The number of thioether (sulfide) groups is 1. The van der Waals surface area contributed by atoms with E-state index >= 15 is 0 Å². The van der Waals surface area contributed by atoms with Crippen LogP contribution >= 0.6 is 23.4 Å².